The number of carboxylic acids is 1. The standard InChI is InChI=1S/C45H56ClN3O6/c1-28(26-53-39-14-19-47-38-9-4-6-29(2)42(38)39)20-31-21-30-22-40-41(55-36(27-54-40)25-49(3)34-10-12-35(50)13-11-34)24-37(30)44(31)15-17-45(18-16-44,43(51)52)48-33-8-5-7-32(46)23-33/h5,7-8,14,19,22-24,28-29,31,34,36,48H,4,6,9-13,15-18,20-21,25-27H2,1-3H3,(H,51,52)/t28-,29-,31?,36?,44?,45?/m1/s1. The minimum absolute atomic E-state index is 0.118. The molecule has 0 amide bonds. The van der Waals surface area contributed by atoms with Crippen LogP contribution in [0.5, 0.6) is 17.2 Å². The summed E-state index contributed by atoms with van der Waals surface area (Å²) in [6, 6.07) is 14.2. The Bertz CT molecular complexity index is 1900. The topological polar surface area (TPSA) is 110 Å². The molecule has 1 spiro atoms. The quantitative estimate of drug-likeness (QED) is 0.198. The van der Waals surface area contributed by atoms with Crippen molar-refractivity contribution >= 4 is 29.0 Å². The number of benzene rings is 2. The molecule has 1 aliphatic heterocycles. The maximum Gasteiger partial charge on any atom is 0.329 e. The second-order valence-electron chi connectivity index (χ2n) is 17.4. The number of aromatic nitrogens is 1. The smallest absolute Gasteiger partial charge is 0.329 e. The number of aliphatic carboxylic acids is 1. The van der Waals surface area contributed by atoms with Crippen LogP contribution >= 0.6 is 11.6 Å². The molecule has 10 heteroatoms. The van der Waals surface area contributed by atoms with Crippen molar-refractivity contribution < 1.29 is 28.9 Å². The van der Waals surface area contributed by atoms with Gasteiger partial charge in [-0.1, -0.05) is 31.5 Å². The van der Waals surface area contributed by atoms with E-state index in [0.29, 0.717) is 67.6 Å². The molecule has 2 heterocycles. The fourth-order valence-corrected chi connectivity index (χ4v) is 10.8. The number of carboxylic acid groups (broad SMARTS) is 1. The first kappa shape index (κ1) is 38.1. The fraction of sp³-hybridized carbons (Fsp3) is 0.578. The highest BCUT2D eigenvalue weighted by molar-refractivity contribution is 6.30. The Kier molecular flexibility index (Phi) is 10.8. The lowest BCUT2D eigenvalue weighted by molar-refractivity contribution is -0.144. The Balaban J connectivity index is 1.04. The van der Waals surface area contributed by atoms with Crippen molar-refractivity contribution in [2.75, 3.05) is 32.1 Å². The van der Waals surface area contributed by atoms with Gasteiger partial charge in [-0.3, -0.25) is 14.7 Å². The predicted octanol–water partition coefficient (Wildman–Crippen LogP) is 8.78. The van der Waals surface area contributed by atoms with Crippen molar-refractivity contribution in [2.45, 2.75) is 126 Å². The van der Waals surface area contributed by atoms with Crippen molar-refractivity contribution in [3.05, 3.63) is 76.1 Å². The summed E-state index contributed by atoms with van der Waals surface area (Å²) < 4.78 is 19.7. The molecular weight excluding hydrogens is 714 g/mol. The van der Waals surface area contributed by atoms with E-state index in [4.69, 9.17) is 25.8 Å². The van der Waals surface area contributed by atoms with Crippen LogP contribution in [0.3, 0.4) is 0 Å². The number of fused-ring (bicyclic) bond motifs is 4. The SMILES string of the molecule is C[C@@H](COc1ccnc2c1[C@H](C)CCC2)CC1Cc2cc3c(cc2C12CCC(Nc1cccc(Cl)c1)(C(=O)O)CC2)OC(CN(C)C1CCC(=O)CC1)CO3. The van der Waals surface area contributed by atoms with Crippen molar-refractivity contribution in [3.8, 4) is 17.2 Å². The zero-order valence-corrected chi connectivity index (χ0v) is 33.3. The summed E-state index contributed by atoms with van der Waals surface area (Å²) in [5.41, 5.74) is 4.44. The zero-order valence-electron chi connectivity index (χ0n) is 32.6. The predicted molar refractivity (Wildman–Crippen MR) is 214 cm³/mol. The first-order chi connectivity index (χ1) is 26.5. The lowest BCUT2D eigenvalue weighted by Crippen LogP contribution is -2.53. The van der Waals surface area contributed by atoms with Gasteiger partial charge in [-0.25, -0.2) is 4.79 Å². The Morgan fingerprint density at radius 3 is 2.65 bits per heavy atom. The molecule has 3 aromatic rings. The number of hydrogen-bond acceptors (Lipinski definition) is 8. The van der Waals surface area contributed by atoms with E-state index in [-0.39, 0.29) is 17.4 Å². The molecule has 5 aliphatic rings. The lowest BCUT2D eigenvalue weighted by atomic mass is 9.59. The number of carbonyl (C=O) groups is 2. The number of pyridine rings is 1. The third-order valence-electron chi connectivity index (χ3n) is 13.7. The number of rotatable bonds is 11. The highest BCUT2D eigenvalue weighted by Gasteiger charge is 2.54. The molecule has 0 saturated heterocycles. The summed E-state index contributed by atoms with van der Waals surface area (Å²) in [6.45, 7) is 6.41. The number of aryl methyl sites for hydroxylation is 1. The first-order valence-corrected chi connectivity index (χ1v) is 21.0. The maximum absolute atomic E-state index is 13.1. The van der Waals surface area contributed by atoms with Crippen LogP contribution in [0, 0.1) is 11.8 Å². The summed E-state index contributed by atoms with van der Waals surface area (Å²) in [5, 5.41) is 14.7. The summed E-state index contributed by atoms with van der Waals surface area (Å²) in [5.74, 6) is 3.13. The molecule has 2 fully saturated rings. The van der Waals surface area contributed by atoms with Crippen LogP contribution in [-0.2, 0) is 27.8 Å². The fourth-order valence-electron chi connectivity index (χ4n) is 10.6. The van der Waals surface area contributed by atoms with Crippen LogP contribution < -0.4 is 19.5 Å². The molecule has 2 N–H and O–H groups in total. The van der Waals surface area contributed by atoms with Crippen LogP contribution in [0.1, 0.15) is 113 Å². The molecule has 294 valence electrons. The van der Waals surface area contributed by atoms with Gasteiger partial charge in [-0.15, -0.1) is 0 Å². The summed E-state index contributed by atoms with van der Waals surface area (Å²) in [7, 11) is 2.13. The Morgan fingerprint density at radius 2 is 1.89 bits per heavy atom. The molecule has 4 atom stereocenters. The van der Waals surface area contributed by atoms with Gasteiger partial charge >= 0.3 is 5.97 Å². The number of likely N-dealkylation sites (N-methyl/N-ethyl adjacent to an activating group) is 1. The van der Waals surface area contributed by atoms with E-state index in [2.05, 4.69) is 48.2 Å². The van der Waals surface area contributed by atoms with Crippen LogP contribution in [-0.4, -0.2) is 71.2 Å². The van der Waals surface area contributed by atoms with E-state index in [1.165, 1.54) is 28.8 Å². The number of nitrogens with one attached hydrogen (secondary N) is 1. The molecule has 0 bridgehead atoms. The molecular formula is C45H56ClN3O6. The van der Waals surface area contributed by atoms with Crippen molar-refractivity contribution in [2.24, 2.45) is 11.8 Å². The van der Waals surface area contributed by atoms with Gasteiger partial charge in [-0.05, 0) is 148 Å². The van der Waals surface area contributed by atoms with Gasteiger partial charge in [-0.2, -0.15) is 0 Å². The molecule has 1 aromatic heterocycles. The molecule has 9 nitrogen and oxygen atoms in total. The number of hydrogen-bond donors (Lipinski definition) is 2. The van der Waals surface area contributed by atoms with Crippen molar-refractivity contribution in [1.82, 2.24) is 9.88 Å². The first-order valence-electron chi connectivity index (χ1n) is 20.6. The van der Waals surface area contributed by atoms with Crippen molar-refractivity contribution in [3.63, 3.8) is 0 Å². The highest BCUT2D eigenvalue weighted by Crippen LogP contribution is 2.58. The van der Waals surface area contributed by atoms with E-state index in [1.54, 1.807) is 12.1 Å². The van der Waals surface area contributed by atoms with Gasteiger partial charge in [0, 0.05) is 53.6 Å². The molecule has 2 aromatic carbocycles. The third-order valence-corrected chi connectivity index (χ3v) is 13.9. The minimum atomic E-state index is -1.09. The lowest BCUT2D eigenvalue weighted by Gasteiger charge is -2.47. The number of anilines is 1. The number of ketones is 1. The molecule has 0 radical (unpaired) electrons. The van der Waals surface area contributed by atoms with Gasteiger partial charge in [0.15, 0.2) is 11.5 Å². The number of ether oxygens (including phenoxy) is 3. The molecule has 55 heavy (non-hydrogen) atoms. The molecule has 2 saturated carbocycles. The second-order valence-corrected chi connectivity index (χ2v) is 17.8. The van der Waals surface area contributed by atoms with Crippen LogP contribution in [0.15, 0.2) is 48.7 Å². The number of nitrogens with zero attached hydrogens (tertiary/aromatic N) is 2. The largest absolute Gasteiger partial charge is 0.493 e. The van der Waals surface area contributed by atoms with E-state index >= 15 is 0 Å². The zero-order chi connectivity index (χ0) is 38.3. The average Bonchev–Trinajstić information content (AvgIpc) is 3.44. The van der Waals surface area contributed by atoms with E-state index in [1.807, 2.05) is 24.4 Å². The monoisotopic (exact) mass is 769 g/mol. The number of halogens is 1. The highest BCUT2D eigenvalue weighted by atomic mass is 35.5. The second kappa shape index (κ2) is 15.6. The van der Waals surface area contributed by atoms with E-state index in [9.17, 15) is 14.7 Å². The number of carbonyl (C=O) groups excluding carboxylic acids is 1. The van der Waals surface area contributed by atoms with Gasteiger partial charge in [0.1, 0.15) is 29.8 Å². The van der Waals surface area contributed by atoms with Gasteiger partial charge in [0.2, 0.25) is 0 Å². The van der Waals surface area contributed by atoms with Crippen LogP contribution in [0.2, 0.25) is 5.02 Å². The van der Waals surface area contributed by atoms with E-state index in [0.717, 1.165) is 80.8 Å². The Morgan fingerprint density at radius 1 is 1.09 bits per heavy atom. The van der Waals surface area contributed by atoms with Gasteiger partial charge in [0.05, 0.1) is 6.61 Å². The van der Waals surface area contributed by atoms with Gasteiger partial charge in [0.25, 0.3) is 0 Å². The van der Waals surface area contributed by atoms with E-state index < -0.39 is 11.5 Å². The molecule has 4 aliphatic carbocycles. The summed E-state index contributed by atoms with van der Waals surface area (Å²) in [4.78, 5) is 32.0. The maximum atomic E-state index is 13.1. The van der Waals surface area contributed by atoms with Crippen LogP contribution in [0.25, 0.3) is 0 Å². The number of Topliss-reactive ketones (excluding diaryl/α,β-unsaturated/α-hetero) is 1. The Labute approximate surface area is 330 Å². The third kappa shape index (κ3) is 7.68. The Hall–Kier alpha value is -3.82. The molecule has 8 rings (SSSR count). The van der Waals surface area contributed by atoms with Gasteiger partial charge < -0.3 is 24.6 Å². The summed E-state index contributed by atoms with van der Waals surface area (Å²) >= 11 is 6.32. The normalized spacial score (nSPS) is 28.1. The minimum Gasteiger partial charge on any atom is -0.493 e. The average molecular weight is 770 g/mol. The van der Waals surface area contributed by atoms with Crippen LogP contribution in [0.4, 0.5) is 5.69 Å². The molecule has 2 unspecified atom stereocenters. The van der Waals surface area contributed by atoms with Crippen molar-refractivity contribution in [1.29, 1.82) is 0 Å². The summed E-state index contributed by atoms with van der Waals surface area (Å²) in [6.07, 6.45) is 12.5.